The summed E-state index contributed by atoms with van der Waals surface area (Å²) in [6, 6.07) is 6.56. The largest absolute Gasteiger partial charge is 0.489 e. The number of nitrogens with zero attached hydrogens (tertiary/aromatic N) is 3. The van der Waals surface area contributed by atoms with Crippen molar-refractivity contribution in [2.24, 2.45) is 5.73 Å². The van der Waals surface area contributed by atoms with Crippen LogP contribution in [0, 0.1) is 0 Å². The lowest BCUT2D eigenvalue weighted by Gasteiger charge is -2.30. The van der Waals surface area contributed by atoms with Gasteiger partial charge in [-0.15, -0.1) is 0 Å². The molecule has 5 rings (SSSR count). The van der Waals surface area contributed by atoms with Gasteiger partial charge in [0.2, 0.25) is 0 Å². The number of anilines is 3. The molecule has 1 amide bonds. The molecular weight excluding hydrogens is 418 g/mol. The Kier molecular flexibility index (Phi) is 5.76. The summed E-state index contributed by atoms with van der Waals surface area (Å²) in [4.78, 5) is 30.9. The minimum Gasteiger partial charge on any atom is -0.489 e. The molecule has 10 heteroatoms. The summed E-state index contributed by atoms with van der Waals surface area (Å²) in [6.07, 6.45) is 1.77. The van der Waals surface area contributed by atoms with Crippen LogP contribution in [0.15, 0.2) is 18.2 Å². The second-order valence-electron chi connectivity index (χ2n) is 8.54. The number of hydrogen-bond donors (Lipinski definition) is 3. The SMILES string of the molecule is CC1(C)Cc2nc(N3CCOc4cc(N5CCC(N)C5)ccc43)sc2C(=O)N1.O=CO. The van der Waals surface area contributed by atoms with Gasteiger partial charge in [-0.1, -0.05) is 11.3 Å². The van der Waals surface area contributed by atoms with E-state index in [1.54, 1.807) is 0 Å². The van der Waals surface area contributed by atoms with Crippen molar-refractivity contribution in [1.82, 2.24) is 10.3 Å². The van der Waals surface area contributed by atoms with Gasteiger partial charge in [-0.05, 0) is 32.4 Å². The van der Waals surface area contributed by atoms with Crippen LogP contribution in [0.4, 0.5) is 16.5 Å². The van der Waals surface area contributed by atoms with Gasteiger partial charge in [-0.2, -0.15) is 0 Å². The van der Waals surface area contributed by atoms with Gasteiger partial charge in [0.1, 0.15) is 17.2 Å². The first-order chi connectivity index (χ1) is 14.8. The van der Waals surface area contributed by atoms with E-state index in [-0.39, 0.29) is 24.0 Å². The van der Waals surface area contributed by atoms with Crippen molar-refractivity contribution in [3.05, 3.63) is 28.8 Å². The van der Waals surface area contributed by atoms with Gasteiger partial charge in [0.15, 0.2) is 5.13 Å². The van der Waals surface area contributed by atoms with E-state index in [4.69, 9.17) is 25.4 Å². The highest BCUT2D eigenvalue weighted by Crippen LogP contribution is 2.42. The Morgan fingerprint density at radius 2 is 2.16 bits per heavy atom. The average Bonchev–Trinajstić information content (AvgIpc) is 3.33. The second kappa shape index (κ2) is 8.35. The number of carbonyl (C=O) groups excluding carboxylic acids is 1. The number of rotatable bonds is 2. The fraction of sp³-hybridized carbons (Fsp3) is 0.476. The van der Waals surface area contributed by atoms with Gasteiger partial charge in [-0.3, -0.25) is 9.59 Å². The predicted octanol–water partition coefficient (Wildman–Crippen LogP) is 1.98. The third kappa shape index (κ3) is 4.31. The van der Waals surface area contributed by atoms with Crippen LogP contribution in [0.1, 0.15) is 35.6 Å². The first kappa shape index (κ1) is 21.4. The molecule has 1 fully saturated rings. The fourth-order valence-electron chi connectivity index (χ4n) is 4.20. The lowest BCUT2D eigenvalue weighted by molar-refractivity contribution is -0.122. The molecule has 1 atom stereocenters. The molecule has 0 aliphatic carbocycles. The number of carboxylic acid groups (broad SMARTS) is 1. The van der Waals surface area contributed by atoms with Gasteiger partial charge in [0.25, 0.3) is 12.4 Å². The molecule has 9 nitrogen and oxygen atoms in total. The number of carbonyl (C=O) groups is 2. The lowest BCUT2D eigenvalue weighted by Crippen LogP contribution is -2.48. The van der Waals surface area contributed by atoms with E-state index in [0.29, 0.717) is 6.61 Å². The summed E-state index contributed by atoms with van der Waals surface area (Å²) in [5, 5.41) is 10.8. The molecule has 4 N–H and O–H groups in total. The van der Waals surface area contributed by atoms with Gasteiger partial charge in [0, 0.05) is 42.8 Å². The third-order valence-electron chi connectivity index (χ3n) is 5.58. The molecule has 1 aromatic heterocycles. The van der Waals surface area contributed by atoms with Crippen LogP contribution in [-0.2, 0) is 11.2 Å². The quantitative estimate of drug-likeness (QED) is 0.600. The molecule has 31 heavy (non-hydrogen) atoms. The molecule has 0 saturated carbocycles. The van der Waals surface area contributed by atoms with Crippen LogP contribution < -0.4 is 25.6 Å². The van der Waals surface area contributed by atoms with E-state index >= 15 is 0 Å². The number of ether oxygens (including phenoxy) is 1. The highest BCUT2D eigenvalue weighted by Gasteiger charge is 2.35. The number of nitrogens with one attached hydrogen (secondary N) is 1. The highest BCUT2D eigenvalue weighted by molar-refractivity contribution is 7.17. The average molecular weight is 446 g/mol. The van der Waals surface area contributed by atoms with Gasteiger partial charge in [0.05, 0.1) is 17.9 Å². The Bertz CT molecular complexity index is 992. The zero-order valence-electron chi connectivity index (χ0n) is 17.6. The van der Waals surface area contributed by atoms with Crippen molar-refractivity contribution in [2.75, 3.05) is 36.0 Å². The van der Waals surface area contributed by atoms with E-state index in [9.17, 15) is 4.79 Å². The molecule has 2 aromatic rings. The zero-order valence-corrected chi connectivity index (χ0v) is 18.4. The summed E-state index contributed by atoms with van der Waals surface area (Å²) >= 11 is 1.46. The van der Waals surface area contributed by atoms with Gasteiger partial charge >= 0.3 is 0 Å². The predicted molar refractivity (Wildman–Crippen MR) is 120 cm³/mol. The van der Waals surface area contributed by atoms with Crippen molar-refractivity contribution in [3.63, 3.8) is 0 Å². The number of thiazole rings is 1. The monoisotopic (exact) mass is 445 g/mol. The van der Waals surface area contributed by atoms with Crippen LogP contribution in [0.3, 0.4) is 0 Å². The Balaban J connectivity index is 0.000000730. The summed E-state index contributed by atoms with van der Waals surface area (Å²) in [6.45, 7) is 6.99. The molecule has 4 heterocycles. The molecule has 1 unspecified atom stereocenters. The van der Waals surface area contributed by atoms with E-state index in [2.05, 4.69) is 33.3 Å². The Labute approximate surface area is 184 Å². The first-order valence-corrected chi connectivity index (χ1v) is 11.1. The second-order valence-corrected chi connectivity index (χ2v) is 9.52. The van der Waals surface area contributed by atoms with Crippen LogP contribution in [-0.4, -0.2) is 60.3 Å². The Hall–Kier alpha value is -2.85. The topological polar surface area (TPSA) is 121 Å². The number of aromatic nitrogens is 1. The van der Waals surface area contributed by atoms with E-state index < -0.39 is 0 Å². The molecule has 166 valence electrons. The van der Waals surface area contributed by atoms with E-state index in [1.807, 2.05) is 13.8 Å². The highest BCUT2D eigenvalue weighted by atomic mass is 32.1. The molecule has 0 spiro atoms. The maximum absolute atomic E-state index is 12.5. The smallest absolute Gasteiger partial charge is 0.290 e. The molecule has 0 bridgehead atoms. The first-order valence-electron chi connectivity index (χ1n) is 10.3. The van der Waals surface area contributed by atoms with Gasteiger partial charge < -0.3 is 30.7 Å². The molecule has 1 aromatic carbocycles. The van der Waals surface area contributed by atoms with Crippen molar-refractivity contribution in [2.45, 2.75) is 38.3 Å². The number of hydrogen-bond acceptors (Lipinski definition) is 8. The molecule has 3 aliphatic heterocycles. The zero-order chi connectivity index (χ0) is 22.2. The number of nitrogens with two attached hydrogens (primary N) is 1. The maximum Gasteiger partial charge on any atom is 0.290 e. The van der Waals surface area contributed by atoms with E-state index in [0.717, 1.165) is 65.3 Å². The van der Waals surface area contributed by atoms with Crippen LogP contribution in [0.5, 0.6) is 5.75 Å². The van der Waals surface area contributed by atoms with Crippen LogP contribution in [0.25, 0.3) is 0 Å². The summed E-state index contributed by atoms with van der Waals surface area (Å²) in [5.41, 5.74) is 8.84. The summed E-state index contributed by atoms with van der Waals surface area (Å²) in [5.74, 6) is 0.839. The summed E-state index contributed by atoms with van der Waals surface area (Å²) in [7, 11) is 0. The summed E-state index contributed by atoms with van der Waals surface area (Å²) < 4.78 is 5.96. The van der Waals surface area contributed by atoms with Crippen molar-refractivity contribution in [1.29, 1.82) is 0 Å². The van der Waals surface area contributed by atoms with Crippen molar-refractivity contribution < 1.29 is 19.4 Å². The number of benzene rings is 1. The lowest BCUT2D eigenvalue weighted by atomic mass is 9.94. The molecular formula is C21H27N5O4S. The maximum atomic E-state index is 12.5. The van der Waals surface area contributed by atoms with E-state index in [1.165, 1.54) is 11.3 Å². The minimum atomic E-state index is -0.260. The number of fused-ring (bicyclic) bond motifs is 2. The Morgan fingerprint density at radius 3 is 2.87 bits per heavy atom. The molecule has 0 radical (unpaired) electrons. The van der Waals surface area contributed by atoms with Crippen molar-refractivity contribution in [3.8, 4) is 5.75 Å². The number of amides is 1. The Morgan fingerprint density at radius 1 is 1.39 bits per heavy atom. The molecule has 1 saturated heterocycles. The standard InChI is InChI=1S/C20H25N5O2S.CH2O2/c1-20(2)10-14-17(18(26)23-20)28-19(22-14)25-7-8-27-16-9-13(3-4-15(16)25)24-6-5-12(21)11-24;2-1-3/h3-4,9,12H,5-8,10-11,21H2,1-2H3,(H,23,26);1H,(H,2,3). The van der Waals surface area contributed by atoms with Crippen LogP contribution in [0.2, 0.25) is 0 Å². The fourth-order valence-corrected chi connectivity index (χ4v) is 5.22. The minimum absolute atomic E-state index is 0.0239. The molecule has 3 aliphatic rings. The van der Waals surface area contributed by atoms with Gasteiger partial charge in [-0.25, -0.2) is 4.98 Å². The third-order valence-corrected chi connectivity index (χ3v) is 6.70. The normalized spacial score (nSPS) is 21.3. The van der Waals surface area contributed by atoms with Crippen molar-refractivity contribution >= 4 is 40.2 Å². The van der Waals surface area contributed by atoms with Crippen LogP contribution >= 0.6 is 11.3 Å².